The van der Waals surface area contributed by atoms with Gasteiger partial charge in [-0.2, -0.15) is 0 Å². The topological polar surface area (TPSA) is 12.0 Å². The van der Waals surface area contributed by atoms with Crippen molar-refractivity contribution in [1.82, 2.24) is 5.32 Å². The lowest BCUT2D eigenvalue weighted by Gasteiger charge is -2.41. The Morgan fingerprint density at radius 3 is 2.42 bits per heavy atom. The maximum absolute atomic E-state index is 3.91. The van der Waals surface area contributed by atoms with E-state index in [4.69, 9.17) is 0 Å². The molecule has 0 heterocycles. The Labute approximate surface area is 125 Å². The van der Waals surface area contributed by atoms with Crippen molar-refractivity contribution in [2.45, 2.75) is 63.5 Å². The molecule has 0 spiro atoms. The summed E-state index contributed by atoms with van der Waals surface area (Å²) < 4.78 is 1.18. The van der Waals surface area contributed by atoms with Crippen LogP contribution in [0.5, 0.6) is 0 Å². The molecule has 1 aromatic rings. The van der Waals surface area contributed by atoms with Gasteiger partial charge in [-0.15, -0.1) is 0 Å². The zero-order valence-electron chi connectivity index (χ0n) is 11.7. The molecule has 0 saturated heterocycles. The van der Waals surface area contributed by atoms with Crippen molar-refractivity contribution in [2.75, 3.05) is 0 Å². The highest BCUT2D eigenvalue weighted by atomic mass is 79.9. The van der Waals surface area contributed by atoms with Crippen LogP contribution in [0.1, 0.15) is 56.9 Å². The molecule has 0 aromatic heterocycles. The van der Waals surface area contributed by atoms with Gasteiger partial charge >= 0.3 is 0 Å². The molecule has 0 amide bonds. The SMILES string of the molecule is CC1CCCCC1NC1CC(c2ccc(Br)cc2)C1. The summed E-state index contributed by atoms with van der Waals surface area (Å²) in [6, 6.07) is 10.4. The van der Waals surface area contributed by atoms with Crippen molar-refractivity contribution < 1.29 is 0 Å². The van der Waals surface area contributed by atoms with Crippen LogP contribution < -0.4 is 5.32 Å². The fourth-order valence-corrected chi connectivity index (χ4v) is 3.89. The van der Waals surface area contributed by atoms with Gasteiger partial charge in [0, 0.05) is 16.6 Å². The summed E-state index contributed by atoms with van der Waals surface area (Å²) in [5, 5.41) is 3.91. The summed E-state index contributed by atoms with van der Waals surface area (Å²) in [5.74, 6) is 1.66. The van der Waals surface area contributed by atoms with Gasteiger partial charge in [-0.25, -0.2) is 0 Å². The van der Waals surface area contributed by atoms with Crippen LogP contribution in [0, 0.1) is 5.92 Å². The lowest BCUT2D eigenvalue weighted by atomic mass is 9.74. The Hall–Kier alpha value is -0.340. The van der Waals surface area contributed by atoms with Crippen molar-refractivity contribution in [2.24, 2.45) is 5.92 Å². The van der Waals surface area contributed by atoms with Gasteiger partial charge in [-0.3, -0.25) is 0 Å². The first-order valence-electron chi connectivity index (χ1n) is 7.74. The van der Waals surface area contributed by atoms with Gasteiger partial charge in [0.1, 0.15) is 0 Å². The molecule has 2 aliphatic rings. The lowest BCUT2D eigenvalue weighted by molar-refractivity contribution is 0.201. The van der Waals surface area contributed by atoms with Crippen LogP contribution in [-0.4, -0.2) is 12.1 Å². The van der Waals surface area contributed by atoms with E-state index in [2.05, 4.69) is 52.4 Å². The van der Waals surface area contributed by atoms with Crippen LogP contribution in [0.25, 0.3) is 0 Å². The molecule has 2 fully saturated rings. The number of benzene rings is 1. The Balaban J connectivity index is 1.48. The molecule has 1 aromatic carbocycles. The van der Waals surface area contributed by atoms with Gasteiger partial charge in [0.2, 0.25) is 0 Å². The third-order valence-corrected chi connectivity index (χ3v) is 5.57. The van der Waals surface area contributed by atoms with E-state index < -0.39 is 0 Å². The molecule has 0 bridgehead atoms. The summed E-state index contributed by atoms with van der Waals surface area (Å²) in [7, 11) is 0. The summed E-state index contributed by atoms with van der Waals surface area (Å²) in [4.78, 5) is 0. The van der Waals surface area contributed by atoms with Crippen LogP contribution in [0.3, 0.4) is 0 Å². The zero-order valence-corrected chi connectivity index (χ0v) is 13.3. The van der Waals surface area contributed by atoms with E-state index in [-0.39, 0.29) is 0 Å². The maximum Gasteiger partial charge on any atom is 0.0175 e. The molecule has 2 saturated carbocycles. The first kappa shape index (κ1) is 13.6. The van der Waals surface area contributed by atoms with Gasteiger partial charge in [0.05, 0.1) is 0 Å². The first-order chi connectivity index (χ1) is 9.22. The molecule has 2 heteroatoms. The van der Waals surface area contributed by atoms with E-state index in [1.54, 1.807) is 0 Å². The van der Waals surface area contributed by atoms with Crippen molar-refractivity contribution in [3.8, 4) is 0 Å². The van der Waals surface area contributed by atoms with Crippen molar-refractivity contribution >= 4 is 15.9 Å². The molecule has 2 atom stereocenters. The molecule has 2 unspecified atom stereocenters. The van der Waals surface area contributed by atoms with E-state index in [1.807, 2.05) is 0 Å². The predicted molar refractivity (Wildman–Crippen MR) is 84.5 cm³/mol. The smallest absolute Gasteiger partial charge is 0.0175 e. The number of halogens is 1. The van der Waals surface area contributed by atoms with Crippen LogP contribution in [0.15, 0.2) is 28.7 Å². The van der Waals surface area contributed by atoms with Crippen LogP contribution in [0.4, 0.5) is 0 Å². The maximum atomic E-state index is 3.91. The molecule has 104 valence electrons. The van der Waals surface area contributed by atoms with Gasteiger partial charge < -0.3 is 5.32 Å². The molecule has 2 aliphatic carbocycles. The van der Waals surface area contributed by atoms with Crippen molar-refractivity contribution in [1.29, 1.82) is 0 Å². The number of hydrogen-bond donors (Lipinski definition) is 1. The van der Waals surface area contributed by atoms with Crippen molar-refractivity contribution in [3.05, 3.63) is 34.3 Å². The molecule has 0 radical (unpaired) electrons. The monoisotopic (exact) mass is 321 g/mol. The highest BCUT2D eigenvalue weighted by molar-refractivity contribution is 9.10. The molecule has 1 N–H and O–H groups in total. The quantitative estimate of drug-likeness (QED) is 0.838. The number of rotatable bonds is 3. The molecule has 0 aliphatic heterocycles. The van der Waals surface area contributed by atoms with E-state index in [1.165, 1.54) is 48.6 Å². The molecular weight excluding hydrogens is 298 g/mol. The largest absolute Gasteiger partial charge is 0.311 e. The minimum absolute atomic E-state index is 0.763. The lowest BCUT2D eigenvalue weighted by Crippen LogP contribution is -2.48. The molecule has 3 rings (SSSR count). The second-order valence-electron chi connectivity index (χ2n) is 6.45. The molecular formula is C17H24BrN. The Morgan fingerprint density at radius 1 is 1.05 bits per heavy atom. The van der Waals surface area contributed by atoms with Crippen LogP contribution in [-0.2, 0) is 0 Å². The summed E-state index contributed by atoms with van der Waals surface area (Å²) >= 11 is 3.51. The second-order valence-corrected chi connectivity index (χ2v) is 7.37. The first-order valence-corrected chi connectivity index (χ1v) is 8.53. The van der Waals surface area contributed by atoms with Gasteiger partial charge in [-0.05, 0) is 55.2 Å². The van der Waals surface area contributed by atoms with Gasteiger partial charge in [-0.1, -0.05) is 47.8 Å². The molecule has 19 heavy (non-hydrogen) atoms. The standard InChI is InChI=1S/C17H24BrN/c1-12-4-2-3-5-17(12)19-16-10-14(11-16)13-6-8-15(18)9-7-13/h6-9,12,14,16-17,19H,2-5,10-11H2,1H3. The minimum atomic E-state index is 0.763. The summed E-state index contributed by atoms with van der Waals surface area (Å²) in [6.07, 6.45) is 8.31. The van der Waals surface area contributed by atoms with Crippen molar-refractivity contribution in [3.63, 3.8) is 0 Å². The van der Waals surface area contributed by atoms with E-state index >= 15 is 0 Å². The third kappa shape index (κ3) is 3.22. The average Bonchev–Trinajstić information content (AvgIpc) is 2.37. The number of hydrogen-bond acceptors (Lipinski definition) is 1. The summed E-state index contributed by atoms with van der Waals surface area (Å²) in [5.41, 5.74) is 1.51. The van der Waals surface area contributed by atoms with Crippen LogP contribution >= 0.6 is 15.9 Å². The van der Waals surface area contributed by atoms with Gasteiger partial charge in [0.15, 0.2) is 0 Å². The molecule has 1 nitrogen and oxygen atoms in total. The highest BCUT2D eigenvalue weighted by Gasteiger charge is 2.33. The normalized spacial score (nSPS) is 34.8. The van der Waals surface area contributed by atoms with E-state index in [9.17, 15) is 0 Å². The average molecular weight is 322 g/mol. The highest BCUT2D eigenvalue weighted by Crippen LogP contribution is 2.38. The Bertz CT molecular complexity index is 408. The van der Waals surface area contributed by atoms with E-state index in [0.717, 1.165) is 23.9 Å². The predicted octanol–water partition coefficient (Wildman–Crippen LogP) is 4.86. The zero-order chi connectivity index (χ0) is 13.2. The fourth-order valence-electron chi connectivity index (χ4n) is 3.63. The summed E-state index contributed by atoms with van der Waals surface area (Å²) in [6.45, 7) is 2.42. The second kappa shape index (κ2) is 5.97. The van der Waals surface area contributed by atoms with Gasteiger partial charge in [0.25, 0.3) is 0 Å². The van der Waals surface area contributed by atoms with Crippen LogP contribution in [0.2, 0.25) is 0 Å². The Morgan fingerprint density at radius 2 is 1.74 bits per heavy atom. The third-order valence-electron chi connectivity index (χ3n) is 5.04. The Kier molecular flexibility index (Phi) is 4.28. The minimum Gasteiger partial charge on any atom is -0.311 e. The fraction of sp³-hybridized carbons (Fsp3) is 0.647. The number of nitrogens with one attached hydrogen (secondary N) is 1. The van der Waals surface area contributed by atoms with E-state index in [0.29, 0.717) is 0 Å².